The molecule has 7 N–H and O–H groups in total. The van der Waals surface area contributed by atoms with E-state index in [1.54, 1.807) is 6.08 Å². The quantitative estimate of drug-likeness (QED) is 0.0238. The molecule has 1 heterocycles. The summed E-state index contributed by atoms with van der Waals surface area (Å²) in [6, 6.07) is -1.22. The van der Waals surface area contributed by atoms with Gasteiger partial charge >= 0.3 is 0 Å². The van der Waals surface area contributed by atoms with Crippen molar-refractivity contribution in [3.05, 3.63) is 12.2 Å². The van der Waals surface area contributed by atoms with Gasteiger partial charge in [-0.3, -0.25) is 4.79 Å². The van der Waals surface area contributed by atoms with Crippen molar-refractivity contribution in [3.63, 3.8) is 0 Å². The van der Waals surface area contributed by atoms with E-state index in [0.717, 1.165) is 38.5 Å². The standard InChI is InChI=1S/C48H93NO8/c1-3-5-7-9-11-13-15-17-18-19-20-21-22-23-24-26-28-30-32-34-36-38-42(52)49-43(45(54)48-47(56)46(55)44(53)41(39-50)57-48)40(51)37-35-33-31-29-27-25-16-14-12-10-8-6-4-2/h35,37,40-41,43-48,50-51,53-56H,3-34,36,38-39H2,1-2H3,(H,49,52)/b37-35+/t40-,41-,43-,44-,45?,46+,47-,48?/m1/s1. The largest absolute Gasteiger partial charge is 0.394 e. The van der Waals surface area contributed by atoms with Gasteiger partial charge in [0.25, 0.3) is 0 Å². The molecule has 9 nitrogen and oxygen atoms in total. The Morgan fingerprint density at radius 1 is 0.544 bits per heavy atom. The Morgan fingerprint density at radius 3 is 1.30 bits per heavy atom. The van der Waals surface area contributed by atoms with Crippen molar-refractivity contribution in [1.29, 1.82) is 0 Å². The van der Waals surface area contributed by atoms with Crippen molar-refractivity contribution in [2.24, 2.45) is 0 Å². The maximum absolute atomic E-state index is 13.1. The van der Waals surface area contributed by atoms with Crippen LogP contribution in [0.5, 0.6) is 0 Å². The van der Waals surface area contributed by atoms with E-state index < -0.39 is 55.4 Å². The summed E-state index contributed by atoms with van der Waals surface area (Å²) in [6.07, 6.45) is 34.7. The van der Waals surface area contributed by atoms with Gasteiger partial charge in [0.2, 0.25) is 5.91 Å². The molecule has 0 saturated carbocycles. The van der Waals surface area contributed by atoms with Crippen LogP contribution in [0.15, 0.2) is 12.2 Å². The molecule has 1 amide bonds. The van der Waals surface area contributed by atoms with E-state index in [9.17, 15) is 35.4 Å². The van der Waals surface area contributed by atoms with Crippen LogP contribution >= 0.6 is 0 Å². The van der Waals surface area contributed by atoms with Crippen molar-refractivity contribution >= 4 is 5.91 Å². The lowest BCUT2D eigenvalue weighted by Gasteiger charge is -2.43. The summed E-state index contributed by atoms with van der Waals surface area (Å²) in [7, 11) is 0. The summed E-state index contributed by atoms with van der Waals surface area (Å²) < 4.78 is 5.59. The van der Waals surface area contributed by atoms with Crippen LogP contribution in [-0.2, 0) is 9.53 Å². The van der Waals surface area contributed by atoms with Crippen LogP contribution in [-0.4, -0.2) is 91.9 Å². The molecule has 1 fully saturated rings. The van der Waals surface area contributed by atoms with Gasteiger partial charge in [-0.25, -0.2) is 0 Å². The Balaban J connectivity index is 2.34. The highest BCUT2D eigenvalue weighted by molar-refractivity contribution is 5.76. The summed E-state index contributed by atoms with van der Waals surface area (Å²) in [5.41, 5.74) is 0. The Labute approximate surface area is 350 Å². The second-order valence-corrected chi connectivity index (χ2v) is 17.4. The zero-order chi connectivity index (χ0) is 41.8. The van der Waals surface area contributed by atoms with Gasteiger partial charge in [0.1, 0.15) is 36.6 Å². The number of carbonyl (C=O) groups excluding carboxylic acids is 1. The fraction of sp³-hybridized carbons (Fsp3) is 0.938. The zero-order valence-corrected chi connectivity index (χ0v) is 37.0. The van der Waals surface area contributed by atoms with Crippen molar-refractivity contribution in [1.82, 2.24) is 5.32 Å². The first-order valence-electron chi connectivity index (χ1n) is 24.4. The van der Waals surface area contributed by atoms with Gasteiger partial charge in [-0.05, 0) is 19.3 Å². The molecule has 1 rings (SSSR count). The number of hydrogen-bond donors (Lipinski definition) is 7. The van der Waals surface area contributed by atoms with Crippen LogP contribution in [0.2, 0.25) is 0 Å². The van der Waals surface area contributed by atoms with E-state index in [0.29, 0.717) is 6.42 Å². The lowest BCUT2D eigenvalue weighted by Crippen LogP contribution is -2.65. The van der Waals surface area contributed by atoms with Crippen molar-refractivity contribution in [2.75, 3.05) is 6.61 Å². The zero-order valence-electron chi connectivity index (χ0n) is 37.0. The Morgan fingerprint density at radius 2 is 0.912 bits per heavy atom. The van der Waals surface area contributed by atoms with Gasteiger partial charge < -0.3 is 40.7 Å². The number of amides is 1. The number of nitrogens with one attached hydrogen (secondary N) is 1. The highest BCUT2D eigenvalue weighted by Gasteiger charge is 2.48. The Bertz CT molecular complexity index is 919. The number of allylic oxidation sites excluding steroid dienone is 1. The van der Waals surface area contributed by atoms with Gasteiger partial charge in [0, 0.05) is 6.42 Å². The van der Waals surface area contributed by atoms with Gasteiger partial charge in [-0.1, -0.05) is 219 Å². The predicted molar refractivity (Wildman–Crippen MR) is 235 cm³/mol. The van der Waals surface area contributed by atoms with E-state index >= 15 is 0 Å². The van der Waals surface area contributed by atoms with Gasteiger partial charge in [-0.15, -0.1) is 0 Å². The van der Waals surface area contributed by atoms with Crippen molar-refractivity contribution < 1.29 is 40.2 Å². The second kappa shape index (κ2) is 37.9. The third kappa shape index (κ3) is 27.4. The fourth-order valence-electron chi connectivity index (χ4n) is 8.25. The van der Waals surface area contributed by atoms with E-state index in [2.05, 4.69) is 19.2 Å². The third-order valence-electron chi connectivity index (χ3n) is 12.1. The normalized spacial score (nSPS) is 21.6. The van der Waals surface area contributed by atoms with E-state index in [-0.39, 0.29) is 12.3 Å². The van der Waals surface area contributed by atoms with Gasteiger partial charge in [0.05, 0.1) is 18.8 Å². The summed E-state index contributed by atoms with van der Waals surface area (Å²) in [5, 5.41) is 66.1. The molecule has 9 heteroatoms. The molecule has 338 valence electrons. The number of ether oxygens (including phenoxy) is 1. The van der Waals surface area contributed by atoms with Gasteiger partial charge in [0.15, 0.2) is 0 Å². The number of carbonyl (C=O) groups is 1. The topological polar surface area (TPSA) is 160 Å². The van der Waals surface area contributed by atoms with Crippen LogP contribution in [0.25, 0.3) is 0 Å². The SMILES string of the molecule is CCCCCCCCCCCCC/C=C/[C@@H](O)[C@@H](NC(=O)CCCCCCCCCCCCCCCCCCCCCCC)C(O)C1O[C@H](CO)[C@@H](O)[C@H](O)[C@H]1O. The third-order valence-corrected chi connectivity index (χ3v) is 12.1. The summed E-state index contributed by atoms with van der Waals surface area (Å²) in [4.78, 5) is 13.1. The van der Waals surface area contributed by atoms with E-state index in [1.165, 1.54) is 167 Å². The Kier molecular flexibility index (Phi) is 35.9. The summed E-state index contributed by atoms with van der Waals surface area (Å²) >= 11 is 0. The molecule has 0 bridgehead atoms. The van der Waals surface area contributed by atoms with Crippen LogP contribution in [0.4, 0.5) is 0 Å². The molecule has 0 aliphatic carbocycles. The van der Waals surface area contributed by atoms with E-state index in [4.69, 9.17) is 4.74 Å². The number of rotatable bonds is 40. The predicted octanol–water partition coefficient (Wildman–Crippen LogP) is 9.89. The molecule has 0 spiro atoms. The maximum Gasteiger partial charge on any atom is 0.220 e. The first kappa shape index (κ1) is 53.9. The molecule has 0 aromatic heterocycles. The minimum absolute atomic E-state index is 0.242. The lowest BCUT2D eigenvalue weighted by molar-refractivity contribution is -0.253. The monoisotopic (exact) mass is 812 g/mol. The molecule has 1 aliphatic heterocycles. The van der Waals surface area contributed by atoms with Crippen LogP contribution in [0.3, 0.4) is 0 Å². The maximum atomic E-state index is 13.1. The smallest absolute Gasteiger partial charge is 0.220 e. The van der Waals surface area contributed by atoms with Crippen LogP contribution in [0, 0.1) is 0 Å². The second-order valence-electron chi connectivity index (χ2n) is 17.4. The molecular formula is C48H93NO8. The average molecular weight is 812 g/mol. The molecule has 2 unspecified atom stereocenters. The number of unbranched alkanes of at least 4 members (excludes halogenated alkanes) is 31. The molecule has 1 aliphatic rings. The van der Waals surface area contributed by atoms with Crippen LogP contribution < -0.4 is 5.32 Å². The highest BCUT2D eigenvalue weighted by Crippen LogP contribution is 2.26. The van der Waals surface area contributed by atoms with E-state index in [1.807, 2.05) is 6.08 Å². The molecule has 0 radical (unpaired) electrons. The summed E-state index contributed by atoms with van der Waals surface area (Å²) in [5.74, 6) is -0.320. The minimum atomic E-state index is -1.68. The molecule has 8 atom stereocenters. The van der Waals surface area contributed by atoms with Crippen molar-refractivity contribution in [3.8, 4) is 0 Å². The highest BCUT2D eigenvalue weighted by atomic mass is 16.6. The van der Waals surface area contributed by atoms with Crippen LogP contribution in [0.1, 0.15) is 232 Å². The molecule has 57 heavy (non-hydrogen) atoms. The number of aliphatic hydroxyl groups excluding tert-OH is 6. The minimum Gasteiger partial charge on any atom is -0.394 e. The molecule has 0 aromatic carbocycles. The number of hydrogen-bond acceptors (Lipinski definition) is 8. The Hall–Kier alpha value is -1.07. The average Bonchev–Trinajstić information content (AvgIpc) is 3.21. The lowest BCUT2D eigenvalue weighted by atomic mass is 9.88. The molecular weight excluding hydrogens is 719 g/mol. The first-order chi connectivity index (χ1) is 27.8. The van der Waals surface area contributed by atoms with Crippen molar-refractivity contribution in [2.45, 2.75) is 281 Å². The molecule has 1 saturated heterocycles. The summed E-state index contributed by atoms with van der Waals surface area (Å²) in [6.45, 7) is 3.88. The first-order valence-corrected chi connectivity index (χ1v) is 24.4. The fourth-order valence-corrected chi connectivity index (χ4v) is 8.25. The molecule has 0 aromatic rings. The number of aliphatic hydroxyl groups is 6. The van der Waals surface area contributed by atoms with Gasteiger partial charge in [-0.2, -0.15) is 0 Å².